The van der Waals surface area contributed by atoms with E-state index in [1.165, 1.54) is 37.3 Å². The van der Waals surface area contributed by atoms with Gasteiger partial charge in [-0.25, -0.2) is 4.98 Å². The van der Waals surface area contributed by atoms with Crippen molar-refractivity contribution in [1.29, 1.82) is 0 Å². The summed E-state index contributed by atoms with van der Waals surface area (Å²) in [7, 11) is 0. The zero-order valence-corrected chi connectivity index (χ0v) is 21.4. The fourth-order valence-corrected chi connectivity index (χ4v) is 4.78. The predicted molar refractivity (Wildman–Crippen MR) is 135 cm³/mol. The molecule has 5 nitrogen and oxygen atoms in total. The molecular formula is C29H38N2O3. The molecule has 2 heterocycles. The van der Waals surface area contributed by atoms with Gasteiger partial charge in [0.25, 0.3) is 0 Å². The largest absolute Gasteiger partial charge is 0.493 e. The Kier molecular flexibility index (Phi) is 9.10. The van der Waals surface area contributed by atoms with Gasteiger partial charge in [-0.05, 0) is 56.2 Å². The Hall–Kier alpha value is -2.87. The first kappa shape index (κ1) is 25.7. The maximum atomic E-state index is 11.3. The number of aryl methyl sites for hydroxylation is 2. The predicted octanol–water partition coefficient (Wildman–Crippen LogP) is 6.33. The normalized spacial score (nSPS) is 13.9. The molecule has 1 aliphatic rings. The summed E-state index contributed by atoms with van der Waals surface area (Å²) in [4.78, 5) is 19.8. The number of fused-ring (bicyclic) bond motifs is 1. The SMILES string of the molecule is CCCCCCc1cc2c(cc1C#Cc1cnc(OC(C)=O)nc1CC)C(CC)(CC)CCO2. The number of carbonyl (C=O) groups is 1. The second-order valence-corrected chi connectivity index (χ2v) is 9.11. The highest BCUT2D eigenvalue weighted by Crippen LogP contribution is 2.44. The monoisotopic (exact) mass is 462 g/mol. The van der Waals surface area contributed by atoms with E-state index < -0.39 is 5.97 Å². The van der Waals surface area contributed by atoms with Gasteiger partial charge in [0.2, 0.25) is 0 Å². The van der Waals surface area contributed by atoms with E-state index in [0.29, 0.717) is 6.42 Å². The van der Waals surface area contributed by atoms with Crippen LogP contribution in [0, 0.1) is 11.8 Å². The van der Waals surface area contributed by atoms with Gasteiger partial charge in [-0.3, -0.25) is 4.79 Å². The molecule has 34 heavy (non-hydrogen) atoms. The maximum Gasteiger partial charge on any atom is 0.324 e. The fourth-order valence-electron chi connectivity index (χ4n) is 4.78. The highest BCUT2D eigenvalue weighted by Gasteiger charge is 2.35. The molecule has 5 heteroatoms. The smallest absolute Gasteiger partial charge is 0.324 e. The zero-order chi connectivity index (χ0) is 24.6. The minimum Gasteiger partial charge on any atom is -0.493 e. The van der Waals surface area contributed by atoms with Gasteiger partial charge >= 0.3 is 12.0 Å². The van der Waals surface area contributed by atoms with Crippen LogP contribution in [0.15, 0.2) is 18.3 Å². The van der Waals surface area contributed by atoms with E-state index in [9.17, 15) is 4.79 Å². The second-order valence-electron chi connectivity index (χ2n) is 9.11. The van der Waals surface area contributed by atoms with Crippen molar-refractivity contribution in [2.24, 2.45) is 0 Å². The molecule has 0 radical (unpaired) electrons. The zero-order valence-electron chi connectivity index (χ0n) is 21.4. The maximum absolute atomic E-state index is 11.3. The molecule has 182 valence electrons. The van der Waals surface area contributed by atoms with E-state index in [2.05, 4.69) is 54.7 Å². The summed E-state index contributed by atoms with van der Waals surface area (Å²) >= 11 is 0. The number of ether oxygens (including phenoxy) is 2. The fraction of sp³-hybridized carbons (Fsp3) is 0.552. The number of aromatic nitrogens is 2. The van der Waals surface area contributed by atoms with Crippen molar-refractivity contribution in [1.82, 2.24) is 9.97 Å². The second kappa shape index (κ2) is 12.0. The lowest BCUT2D eigenvalue weighted by atomic mass is 9.71. The molecule has 0 unspecified atom stereocenters. The van der Waals surface area contributed by atoms with Crippen molar-refractivity contribution < 1.29 is 14.3 Å². The molecule has 0 saturated heterocycles. The summed E-state index contributed by atoms with van der Waals surface area (Å²) in [5, 5.41) is 0. The minimum absolute atomic E-state index is 0.0770. The Balaban J connectivity index is 2.03. The van der Waals surface area contributed by atoms with E-state index in [-0.39, 0.29) is 11.4 Å². The first-order valence-corrected chi connectivity index (χ1v) is 12.8. The van der Waals surface area contributed by atoms with Crippen molar-refractivity contribution in [2.75, 3.05) is 6.61 Å². The molecule has 1 aliphatic heterocycles. The lowest BCUT2D eigenvalue weighted by Gasteiger charge is -2.38. The number of rotatable bonds is 9. The van der Waals surface area contributed by atoms with Gasteiger partial charge < -0.3 is 9.47 Å². The van der Waals surface area contributed by atoms with E-state index in [1.54, 1.807) is 6.20 Å². The van der Waals surface area contributed by atoms with Crippen molar-refractivity contribution in [2.45, 2.75) is 97.8 Å². The third-order valence-corrected chi connectivity index (χ3v) is 7.02. The Bertz CT molecular complexity index is 1060. The summed E-state index contributed by atoms with van der Waals surface area (Å²) < 4.78 is 11.2. The molecule has 0 bridgehead atoms. The summed E-state index contributed by atoms with van der Waals surface area (Å²) in [6, 6.07) is 4.60. The number of unbranched alkanes of at least 4 members (excludes halogenated alkanes) is 3. The van der Waals surface area contributed by atoms with Crippen molar-refractivity contribution in [3.8, 4) is 23.6 Å². The number of nitrogens with zero attached hydrogens (tertiary/aromatic N) is 2. The molecule has 0 spiro atoms. The molecule has 0 N–H and O–H groups in total. The molecule has 1 aromatic carbocycles. The van der Waals surface area contributed by atoms with Gasteiger partial charge in [0.15, 0.2) is 0 Å². The van der Waals surface area contributed by atoms with Crippen LogP contribution in [0.4, 0.5) is 0 Å². The van der Waals surface area contributed by atoms with Gasteiger partial charge in [0.1, 0.15) is 5.75 Å². The summed E-state index contributed by atoms with van der Waals surface area (Å²) in [6.45, 7) is 10.9. The topological polar surface area (TPSA) is 61.3 Å². The Morgan fingerprint density at radius 1 is 1.09 bits per heavy atom. The molecule has 3 rings (SSSR count). The number of esters is 1. The Labute approximate surface area is 204 Å². The summed E-state index contributed by atoms with van der Waals surface area (Å²) in [5.74, 6) is 7.37. The lowest BCUT2D eigenvalue weighted by Crippen LogP contribution is -2.32. The molecule has 0 aliphatic carbocycles. The standard InChI is InChI=1S/C29H38N2O3/c1-6-10-11-12-13-22-19-27-25(29(8-3,9-4)16-17-33-27)18-23(22)14-15-24-20-30-28(34-21(5)32)31-26(24)7-2/h18-20H,6-13,16-17H2,1-5H3. The quantitative estimate of drug-likeness (QED) is 0.248. The number of benzene rings is 1. The van der Waals surface area contributed by atoms with Crippen LogP contribution < -0.4 is 9.47 Å². The third-order valence-electron chi connectivity index (χ3n) is 7.02. The Morgan fingerprint density at radius 3 is 2.53 bits per heavy atom. The first-order chi connectivity index (χ1) is 16.5. The summed E-state index contributed by atoms with van der Waals surface area (Å²) in [5.41, 5.74) is 5.30. The van der Waals surface area contributed by atoms with E-state index in [1.807, 2.05) is 6.92 Å². The van der Waals surface area contributed by atoms with Crippen LogP contribution in [0.3, 0.4) is 0 Å². The lowest BCUT2D eigenvalue weighted by molar-refractivity contribution is -0.132. The van der Waals surface area contributed by atoms with Gasteiger partial charge in [-0.2, -0.15) is 4.98 Å². The van der Waals surface area contributed by atoms with Crippen LogP contribution in [0.2, 0.25) is 0 Å². The van der Waals surface area contributed by atoms with Crippen LogP contribution in [-0.2, 0) is 23.1 Å². The van der Waals surface area contributed by atoms with Crippen LogP contribution in [0.25, 0.3) is 0 Å². The number of carbonyl (C=O) groups excluding carboxylic acids is 1. The van der Waals surface area contributed by atoms with E-state index >= 15 is 0 Å². The third kappa shape index (κ3) is 5.97. The van der Waals surface area contributed by atoms with Crippen LogP contribution in [-0.4, -0.2) is 22.5 Å². The van der Waals surface area contributed by atoms with Crippen molar-refractivity contribution >= 4 is 5.97 Å². The Morgan fingerprint density at radius 2 is 1.85 bits per heavy atom. The van der Waals surface area contributed by atoms with Gasteiger partial charge in [-0.15, -0.1) is 0 Å². The van der Waals surface area contributed by atoms with Crippen molar-refractivity contribution in [3.05, 3.63) is 46.3 Å². The van der Waals surface area contributed by atoms with E-state index in [4.69, 9.17) is 9.47 Å². The number of hydrogen-bond donors (Lipinski definition) is 0. The average molecular weight is 463 g/mol. The van der Waals surface area contributed by atoms with Crippen LogP contribution in [0.5, 0.6) is 11.8 Å². The average Bonchev–Trinajstić information content (AvgIpc) is 2.84. The van der Waals surface area contributed by atoms with E-state index in [0.717, 1.165) is 61.3 Å². The van der Waals surface area contributed by atoms with Crippen molar-refractivity contribution in [3.63, 3.8) is 0 Å². The molecule has 0 saturated carbocycles. The molecule has 0 fully saturated rings. The molecule has 2 aromatic rings. The molecule has 0 amide bonds. The summed E-state index contributed by atoms with van der Waals surface area (Å²) in [6.07, 6.45) is 11.4. The molecular weight excluding hydrogens is 424 g/mol. The first-order valence-electron chi connectivity index (χ1n) is 12.8. The van der Waals surface area contributed by atoms with Crippen LogP contribution >= 0.6 is 0 Å². The highest BCUT2D eigenvalue weighted by molar-refractivity contribution is 5.68. The van der Waals surface area contributed by atoms with Gasteiger partial charge in [-0.1, -0.05) is 58.8 Å². The minimum atomic E-state index is -0.430. The molecule has 0 atom stereocenters. The molecule has 1 aromatic heterocycles. The van der Waals surface area contributed by atoms with Gasteiger partial charge in [0.05, 0.1) is 24.1 Å². The van der Waals surface area contributed by atoms with Gasteiger partial charge in [0, 0.05) is 23.5 Å². The van der Waals surface area contributed by atoms with Crippen LogP contribution in [0.1, 0.15) is 108 Å². The number of hydrogen-bond acceptors (Lipinski definition) is 5. The highest BCUT2D eigenvalue weighted by atomic mass is 16.5.